The number of rotatable bonds is 3. The smallest absolute Gasteiger partial charge is 0.155 e. The number of hydrogen-bond donors (Lipinski definition) is 1. The predicted molar refractivity (Wildman–Crippen MR) is 40.9 cm³/mol. The van der Waals surface area contributed by atoms with Gasteiger partial charge in [-0.05, 0) is 33.7 Å². The molecule has 0 aromatic heterocycles. The highest BCUT2D eigenvalue weighted by Gasteiger charge is 2.38. The summed E-state index contributed by atoms with van der Waals surface area (Å²) >= 11 is 0. The molecule has 1 fully saturated rings. The Morgan fingerprint density at radius 3 is 2.30 bits per heavy atom. The maximum Gasteiger partial charge on any atom is 0.155 e. The maximum absolute atomic E-state index is 11.4. The number of carbonyl (C=O) groups excluding carboxylic acids is 1. The van der Waals surface area contributed by atoms with Crippen molar-refractivity contribution in [1.82, 2.24) is 5.32 Å². The van der Waals surface area contributed by atoms with Crippen LogP contribution in [0.5, 0.6) is 0 Å². The molecule has 0 spiro atoms. The quantitative estimate of drug-likeness (QED) is 0.634. The first-order valence-electron chi connectivity index (χ1n) is 3.81. The molecule has 2 heteroatoms. The Hall–Kier alpha value is -0.370. The molecule has 0 aromatic carbocycles. The highest BCUT2D eigenvalue weighted by Crippen LogP contribution is 2.33. The fourth-order valence-corrected chi connectivity index (χ4v) is 0.979. The van der Waals surface area contributed by atoms with E-state index >= 15 is 0 Å². The van der Waals surface area contributed by atoms with Gasteiger partial charge in [0.25, 0.3) is 0 Å². The molecular weight excluding hydrogens is 126 g/mol. The Bertz CT molecular complexity index is 147. The average molecular weight is 141 g/mol. The lowest BCUT2D eigenvalue weighted by Gasteiger charge is -2.21. The largest absolute Gasteiger partial charge is 0.308 e. The van der Waals surface area contributed by atoms with Gasteiger partial charge in [-0.3, -0.25) is 4.79 Å². The van der Waals surface area contributed by atoms with Gasteiger partial charge in [-0.15, -0.1) is 0 Å². The van der Waals surface area contributed by atoms with Gasteiger partial charge in [-0.1, -0.05) is 0 Å². The number of nitrogens with one attached hydrogen (secondary N) is 1. The molecule has 0 saturated heterocycles. The second kappa shape index (κ2) is 2.35. The van der Waals surface area contributed by atoms with Crippen LogP contribution in [-0.2, 0) is 4.79 Å². The summed E-state index contributed by atoms with van der Waals surface area (Å²) < 4.78 is 0. The van der Waals surface area contributed by atoms with E-state index in [4.69, 9.17) is 0 Å². The van der Waals surface area contributed by atoms with Crippen LogP contribution in [0.2, 0.25) is 0 Å². The van der Waals surface area contributed by atoms with Crippen molar-refractivity contribution in [1.29, 1.82) is 0 Å². The minimum atomic E-state index is -0.304. The summed E-state index contributed by atoms with van der Waals surface area (Å²) in [6, 6.07) is 0. The second-order valence-corrected chi connectivity index (χ2v) is 3.51. The molecular formula is C8H15NO. The molecule has 0 radical (unpaired) electrons. The second-order valence-electron chi connectivity index (χ2n) is 3.51. The number of likely N-dealkylation sites (N-methyl/N-ethyl adjacent to an activating group) is 1. The van der Waals surface area contributed by atoms with Crippen molar-refractivity contribution >= 4 is 5.78 Å². The molecule has 2 nitrogen and oxygen atoms in total. The van der Waals surface area contributed by atoms with Crippen molar-refractivity contribution < 1.29 is 4.79 Å². The fraction of sp³-hybridized carbons (Fsp3) is 0.875. The Balaban J connectivity index is 2.52. The number of hydrogen-bond acceptors (Lipinski definition) is 2. The predicted octanol–water partition coefficient (Wildman–Crippen LogP) is 0.964. The van der Waals surface area contributed by atoms with Crippen molar-refractivity contribution in [2.75, 3.05) is 7.05 Å². The fourth-order valence-electron chi connectivity index (χ4n) is 0.979. The van der Waals surface area contributed by atoms with Crippen LogP contribution in [0.4, 0.5) is 0 Å². The lowest BCUT2D eigenvalue weighted by atomic mass is 9.96. The van der Waals surface area contributed by atoms with Gasteiger partial charge in [0, 0.05) is 5.92 Å². The minimum absolute atomic E-state index is 0.304. The molecule has 1 aliphatic rings. The molecule has 0 heterocycles. The van der Waals surface area contributed by atoms with E-state index in [1.165, 1.54) is 0 Å². The first kappa shape index (κ1) is 7.73. The first-order chi connectivity index (χ1) is 4.58. The van der Waals surface area contributed by atoms with E-state index in [9.17, 15) is 4.79 Å². The van der Waals surface area contributed by atoms with Crippen LogP contribution in [0, 0.1) is 5.92 Å². The Morgan fingerprint density at radius 2 is 2.00 bits per heavy atom. The van der Waals surface area contributed by atoms with Crippen molar-refractivity contribution in [3.63, 3.8) is 0 Å². The summed E-state index contributed by atoms with van der Waals surface area (Å²) in [7, 11) is 1.83. The first-order valence-corrected chi connectivity index (χ1v) is 3.81. The van der Waals surface area contributed by atoms with Crippen LogP contribution in [0.25, 0.3) is 0 Å². The molecule has 0 aliphatic heterocycles. The SMILES string of the molecule is CNC(C)(C)C(=O)C1CC1. The normalized spacial score (nSPS) is 19.1. The van der Waals surface area contributed by atoms with E-state index in [0.717, 1.165) is 12.8 Å². The van der Waals surface area contributed by atoms with Gasteiger partial charge < -0.3 is 5.32 Å². The highest BCUT2D eigenvalue weighted by molar-refractivity contribution is 5.91. The molecule has 1 aliphatic carbocycles. The molecule has 1 saturated carbocycles. The summed E-state index contributed by atoms with van der Waals surface area (Å²) in [5.41, 5.74) is -0.304. The minimum Gasteiger partial charge on any atom is -0.308 e. The molecule has 0 amide bonds. The van der Waals surface area contributed by atoms with E-state index in [2.05, 4.69) is 5.32 Å². The summed E-state index contributed by atoms with van der Waals surface area (Å²) in [4.78, 5) is 11.4. The van der Waals surface area contributed by atoms with Crippen LogP contribution in [0.3, 0.4) is 0 Å². The molecule has 0 unspecified atom stereocenters. The Kier molecular flexibility index (Phi) is 1.82. The third-order valence-electron chi connectivity index (χ3n) is 2.19. The third kappa shape index (κ3) is 1.37. The van der Waals surface area contributed by atoms with Gasteiger partial charge in [-0.2, -0.15) is 0 Å². The van der Waals surface area contributed by atoms with Crippen molar-refractivity contribution in [2.45, 2.75) is 32.2 Å². The van der Waals surface area contributed by atoms with Gasteiger partial charge in [0.1, 0.15) is 0 Å². The highest BCUT2D eigenvalue weighted by atomic mass is 16.1. The van der Waals surface area contributed by atoms with E-state index < -0.39 is 0 Å². The zero-order chi connectivity index (χ0) is 7.78. The molecule has 58 valence electrons. The molecule has 1 rings (SSSR count). The van der Waals surface area contributed by atoms with Crippen LogP contribution < -0.4 is 5.32 Å². The maximum atomic E-state index is 11.4. The number of carbonyl (C=O) groups is 1. The topological polar surface area (TPSA) is 29.1 Å². The number of Topliss-reactive ketones (excluding diaryl/α,β-unsaturated/α-hetero) is 1. The zero-order valence-electron chi connectivity index (χ0n) is 6.90. The number of ketones is 1. The standard InChI is InChI=1S/C8H15NO/c1-8(2,9-3)7(10)6-4-5-6/h6,9H,4-5H2,1-3H3. The molecule has 0 bridgehead atoms. The van der Waals surface area contributed by atoms with E-state index in [0.29, 0.717) is 11.7 Å². The zero-order valence-corrected chi connectivity index (χ0v) is 6.90. The van der Waals surface area contributed by atoms with Gasteiger partial charge in [0.2, 0.25) is 0 Å². The van der Waals surface area contributed by atoms with Crippen molar-refractivity contribution in [3.05, 3.63) is 0 Å². The van der Waals surface area contributed by atoms with Gasteiger partial charge in [-0.25, -0.2) is 0 Å². The monoisotopic (exact) mass is 141 g/mol. The lowest BCUT2D eigenvalue weighted by Crippen LogP contribution is -2.45. The van der Waals surface area contributed by atoms with Crippen LogP contribution in [-0.4, -0.2) is 18.4 Å². The van der Waals surface area contributed by atoms with Crippen LogP contribution in [0.15, 0.2) is 0 Å². The van der Waals surface area contributed by atoms with Crippen molar-refractivity contribution in [3.8, 4) is 0 Å². The molecule has 10 heavy (non-hydrogen) atoms. The van der Waals surface area contributed by atoms with E-state index in [-0.39, 0.29) is 5.54 Å². The van der Waals surface area contributed by atoms with Gasteiger partial charge >= 0.3 is 0 Å². The van der Waals surface area contributed by atoms with E-state index in [1.807, 2.05) is 20.9 Å². The summed E-state index contributed by atoms with van der Waals surface area (Å²) in [5, 5.41) is 3.01. The third-order valence-corrected chi connectivity index (χ3v) is 2.19. The van der Waals surface area contributed by atoms with Crippen molar-refractivity contribution in [2.24, 2.45) is 5.92 Å². The summed E-state index contributed by atoms with van der Waals surface area (Å²) in [5.74, 6) is 0.734. The van der Waals surface area contributed by atoms with Crippen LogP contribution >= 0.6 is 0 Å². The van der Waals surface area contributed by atoms with E-state index in [1.54, 1.807) is 0 Å². The summed E-state index contributed by atoms with van der Waals surface area (Å²) in [6.07, 6.45) is 2.20. The lowest BCUT2D eigenvalue weighted by molar-refractivity contribution is -0.125. The van der Waals surface area contributed by atoms with Gasteiger partial charge in [0.15, 0.2) is 5.78 Å². The Labute approximate surface area is 62.0 Å². The molecule has 0 aromatic rings. The Morgan fingerprint density at radius 1 is 1.50 bits per heavy atom. The molecule has 1 N–H and O–H groups in total. The average Bonchev–Trinajstić information content (AvgIpc) is 2.68. The van der Waals surface area contributed by atoms with Crippen LogP contribution in [0.1, 0.15) is 26.7 Å². The summed E-state index contributed by atoms with van der Waals surface area (Å²) in [6.45, 7) is 3.88. The molecule has 0 atom stereocenters. The van der Waals surface area contributed by atoms with Gasteiger partial charge in [0.05, 0.1) is 5.54 Å².